The smallest absolute Gasteiger partial charge is 0.183 e. The average Bonchev–Trinajstić information content (AvgIpc) is 2.56. The van der Waals surface area contributed by atoms with Crippen LogP contribution in [-0.2, 0) is 13.0 Å². The van der Waals surface area contributed by atoms with E-state index in [4.69, 9.17) is 5.26 Å². The van der Waals surface area contributed by atoms with E-state index in [0.717, 1.165) is 37.6 Å². The molecule has 0 atom stereocenters. The van der Waals surface area contributed by atoms with Gasteiger partial charge in [-0.05, 0) is 6.42 Å². The molecule has 0 bridgehead atoms. The summed E-state index contributed by atoms with van der Waals surface area (Å²) in [7, 11) is 0. The number of imidazole rings is 1. The lowest BCUT2D eigenvalue weighted by Gasteiger charge is -2.17. The van der Waals surface area contributed by atoms with Crippen molar-refractivity contribution in [3.63, 3.8) is 0 Å². The molecule has 1 aromatic rings. The third kappa shape index (κ3) is 1.17. The first-order valence-corrected chi connectivity index (χ1v) is 4.60. The molecule has 1 aromatic heterocycles. The van der Waals surface area contributed by atoms with Crippen LogP contribution in [0.25, 0.3) is 0 Å². The van der Waals surface area contributed by atoms with E-state index in [1.54, 1.807) is 0 Å². The molecule has 0 unspecified atom stereocenters. The van der Waals surface area contributed by atoms with Crippen LogP contribution in [0.5, 0.6) is 0 Å². The minimum absolute atomic E-state index is 0.538. The van der Waals surface area contributed by atoms with E-state index < -0.39 is 0 Å². The van der Waals surface area contributed by atoms with Gasteiger partial charge in [-0.25, -0.2) is 4.98 Å². The molecular weight excluding hydrogens is 164 g/mol. The topological polar surface area (TPSA) is 53.6 Å². The molecule has 2 rings (SSSR count). The summed E-state index contributed by atoms with van der Waals surface area (Å²) in [6.45, 7) is 4.00. The fraction of sp³-hybridized carbons (Fsp3) is 0.556. The van der Waals surface area contributed by atoms with Crippen LogP contribution in [0.3, 0.4) is 0 Å². The second kappa shape index (κ2) is 3.09. The van der Waals surface area contributed by atoms with Crippen LogP contribution in [0.2, 0.25) is 0 Å². The van der Waals surface area contributed by atoms with Crippen LogP contribution in [0.1, 0.15) is 24.9 Å². The van der Waals surface area contributed by atoms with Gasteiger partial charge in [0.25, 0.3) is 0 Å². The zero-order valence-corrected chi connectivity index (χ0v) is 7.67. The highest BCUT2D eigenvalue weighted by Gasteiger charge is 2.17. The van der Waals surface area contributed by atoms with Crippen molar-refractivity contribution in [3.8, 4) is 6.07 Å². The summed E-state index contributed by atoms with van der Waals surface area (Å²) in [5, 5.41) is 12.1. The molecule has 2 heterocycles. The van der Waals surface area contributed by atoms with Gasteiger partial charge in [0, 0.05) is 19.5 Å². The first-order chi connectivity index (χ1) is 6.36. The molecule has 1 aliphatic rings. The molecule has 4 nitrogen and oxygen atoms in total. The molecule has 68 valence electrons. The van der Waals surface area contributed by atoms with E-state index in [1.165, 1.54) is 0 Å². The molecule has 4 heteroatoms. The Balaban J connectivity index is 2.52. The van der Waals surface area contributed by atoms with Crippen molar-refractivity contribution in [2.24, 2.45) is 0 Å². The molecule has 0 saturated heterocycles. The van der Waals surface area contributed by atoms with Crippen molar-refractivity contribution >= 4 is 5.82 Å². The Morgan fingerprint density at radius 3 is 3.23 bits per heavy atom. The van der Waals surface area contributed by atoms with Crippen molar-refractivity contribution in [1.29, 1.82) is 5.26 Å². The van der Waals surface area contributed by atoms with Gasteiger partial charge in [0.05, 0.1) is 0 Å². The van der Waals surface area contributed by atoms with Gasteiger partial charge in [-0.15, -0.1) is 0 Å². The third-order valence-electron chi connectivity index (χ3n) is 2.32. The van der Waals surface area contributed by atoms with Gasteiger partial charge in [0.15, 0.2) is 5.69 Å². The second-order valence-corrected chi connectivity index (χ2v) is 3.12. The van der Waals surface area contributed by atoms with Crippen LogP contribution in [0.15, 0.2) is 0 Å². The number of aryl methyl sites for hydroxylation is 1. The Bertz CT molecular complexity index is 358. The predicted octanol–water partition coefficient (Wildman–Crippen LogP) is 1.13. The largest absolute Gasteiger partial charge is 0.369 e. The van der Waals surface area contributed by atoms with Gasteiger partial charge in [-0.2, -0.15) is 5.26 Å². The Kier molecular flexibility index (Phi) is 1.93. The summed E-state index contributed by atoms with van der Waals surface area (Å²) in [5.74, 6) is 1.92. The molecule has 0 saturated carbocycles. The summed E-state index contributed by atoms with van der Waals surface area (Å²) < 4.78 is 2.11. The van der Waals surface area contributed by atoms with E-state index in [1.807, 2.05) is 0 Å². The molecule has 13 heavy (non-hydrogen) atoms. The van der Waals surface area contributed by atoms with Crippen molar-refractivity contribution in [1.82, 2.24) is 9.55 Å². The van der Waals surface area contributed by atoms with Gasteiger partial charge < -0.3 is 9.88 Å². The van der Waals surface area contributed by atoms with Crippen LogP contribution >= 0.6 is 0 Å². The van der Waals surface area contributed by atoms with E-state index in [2.05, 4.69) is 27.9 Å². The molecule has 1 aliphatic heterocycles. The van der Waals surface area contributed by atoms with Crippen LogP contribution < -0.4 is 5.32 Å². The van der Waals surface area contributed by atoms with Crippen LogP contribution in [0, 0.1) is 11.3 Å². The molecule has 0 spiro atoms. The van der Waals surface area contributed by atoms with Crippen LogP contribution in [0.4, 0.5) is 5.82 Å². The Morgan fingerprint density at radius 2 is 2.54 bits per heavy atom. The maximum absolute atomic E-state index is 8.84. The average molecular weight is 176 g/mol. The SMILES string of the molecule is CCc1nc(C#N)c2n1CCCN2. The fourth-order valence-corrected chi connectivity index (χ4v) is 1.71. The summed E-state index contributed by atoms with van der Waals surface area (Å²) in [6, 6.07) is 2.12. The van der Waals surface area contributed by atoms with Gasteiger partial charge in [-0.3, -0.25) is 0 Å². The monoisotopic (exact) mass is 176 g/mol. The zero-order chi connectivity index (χ0) is 9.26. The minimum atomic E-state index is 0.538. The Labute approximate surface area is 77.2 Å². The number of hydrogen-bond donors (Lipinski definition) is 1. The number of nitriles is 1. The van der Waals surface area contributed by atoms with Crippen molar-refractivity contribution in [2.45, 2.75) is 26.3 Å². The maximum atomic E-state index is 8.84. The van der Waals surface area contributed by atoms with Gasteiger partial charge >= 0.3 is 0 Å². The van der Waals surface area contributed by atoms with Crippen LogP contribution in [-0.4, -0.2) is 16.1 Å². The van der Waals surface area contributed by atoms with E-state index >= 15 is 0 Å². The van der Waals surface area contributed by atoms with E-state index in [9.17, 15) is 0 Å². The maximum Gasteiger partial charge on any atom is 0.183 e. The van der Waals surface area contributed by atoms with E-state index in [0.29, 0.717) is 5.69 Å². The number of rotatable bonds is 1. The molecule has 0 aromatic carbocycles. The lowest BCUT2D eigenvalue weighted by Crippen LogP contribution is -2.18. The van der Waals surface area contributed by atoms with Crippen molar-refractivity contribution in [3.05, 3.63) is 11.5 Å². The highest BCUT2D eigenvalue weighted by atomic mass is 15.2. The molecule has 0 amide bonds. The van der Waals surface area contributed by atoms with Gasteiger partial charge in [-0.1, -0.05) is 6.92 Å². The molecule has 0 aliphatic carbocycles. The van der Waals surface area contributed by atoms with Crippen molar-refractivity contribution in [2.75, 3.05) is 11.9 Å². The Hall–Kier alpha value is -1.50. The number of aromatic nitrogens is 2. The summed E-state index contributed by atoms with van der Waals surface area (Å²) in [5.41, 5.74) is 0.538. The van der Waals surface area contributed by atoms with Gasteiger partial charge in [0.2, 0.25) is 0 Å². The number of nitrogens with zero attached hydrogens (tertiary/aromatic N) is 3. The summed E-state index contributed by atoms with van der Waals surface area (Å²) in [4.78, 5) is 4.27. The van der Waals surface area contributed by atoms with Gasteiger partial charge in [0.1, 0.15) is 17.7 Å². The zero-order valence-electron chi connectivity index (χ0n) is 7.67. The number of fused-ring (bicyclic) bond motifs is 1. The highest BCUT2D eigenvalue weighted by molar-refractivity contribution is 5.51. The normalized spacial score (nSPS) is 14.5. The molecule has 0 fully saturated rings. The highest BCUT2D eigenvalue weighted by Crippen LogP contribution is 2.21. The number of nitrogens with one attached hydrogen (secondary N) is 1. The fourth-order valence-electron chi connectivity index (χ4n) is 1.71. The summed E-state index contributed by atoms with van der Waals surface area (Å²) in [6.07, 6.45) is 2.00. The third-order valence-corrected chi connectivity index (χ3v) is 2.32. The first kappa shape index (κ1) is 8.11. The quantitative estimate of drug-likeness (QED) is 0.698. The van der Waals surface area contributed by atoms with Crippen molar-refractivity contribution < 1.29 is 0 Å². The Morgan fingerprint density at radius 1 is 1.69 bits per heavy atom. The van der Waals surface area contributed by atoms with E-state index in [-0.39, 0.29) is 0 Å². The predicted molar refractivity (Wildman–Crippen MR) is 49.4 cm³/mol. The minimum Gasteiger partial charge on any atom is -0.369 e. The number of hydrogen-bond acceptors (Lipinski definition) is 3. The lowest BCUT2D eigenvalue weighted by atomic mass is 10.3. The first-order valence-electron chi connectivity index (χ1n) is 4.60. The lowest BCUT2D eigenvalue weighted by molar-refractivity contribution is 0.603. The second-order valence-electron chi connectivity index (χ2n) is 3.12. The summed E-state index contributed by atoms with van der Waals surface area (Å²) >= 11 is 0. The molecule has 1 N–H and O–H groups in total. The standard InChI is InChI=1S/C9H12N4/c1-2-8-12-7(6-10)9-11-4-3-5-13(8)9/h11H,2-5H2,1H3. The molecular formula is C9H12N4. The molecule has 0 radical (unpaired) electrons. The number of anilines is 1.